The first-order chi connectivity index (χ1) is 17.7. The van der Waals surface area contributed by atoms with Crippen LogP contribution in [0.3, 0.4) is 0 Å². The smallest absolute Gasteiger partial charge is 0.232 e. The predicted octanol–water partition coefficient (Wildman–Crippen LogP) is 6.05. The molecule has 0 aliphatic carbocycles. The van der Waals surface area contributed by atoms with Crippen molar-refractivity contribution in [1.82, 2.24) is 39.7 Å². The van der Waals surface area contributed by atoms with Crippen LogP contribution in [-0.2, 0) is 0 Å². The SMILES string of the molecule is CCCCC(=O)n1c2cncc(c2)c2cc3c(cn2)[nH]nc3c2nc3c(ccnc3c3ccc1s3)[nH]2. The third-order valence-corrected chi connectivity index (χ3v) is 7.47. The van der Waals surface area contributed by atoms with Gasteiger partial charge in [-0.1, -0.05) is 13.3 Å². The van der Waals surface area contributed by atoms with Crippen LogP contribution in [-0.4, -0.2) is 45.6 Å². The normalized spacial score (nSPS) is 11.9. The van der Waals surface area contributed by atoms with Crippen molar-refractivity contribution in [3.8, 4) is 0 Å². The highest BCUT2D eigenvalue weighted by Gasteiger charge is 2.13. The first kappa shape index (κ1) is 20.9. The third kappa shape index (κ3) is 3.22. The van der Waals surface area contributed by atoms with Gasteiger partial charge in [-0.05, 0) is 36.8 Å². The predicted molar refractivity (Wildman–Crippen MR) is 143 cm³/mol. The average Bonchev–Trinajstić information content (AvgIpc) is 3.64. The van der Waals surface area contributed by atoms with Crippen LogP contribution in [0.4, 0.5) is 0 Å². The van der Waals surface area contributed by atoms with E-state index in [0.717, 1.165) is 60.7 Å². The molecule has 0 fully saturated rings. The highest BCUT2D eigenvalue weighted by Crippen LogP contribution is 2.29. The van der Waals surface area contributed by atoms with Crippen molar-refractivity contribution in [3.63, 3.8) is 0 Å². The van der Waals surface area contributed by atoms with E-state index in [9.17, 15) is 4.79 Å². The zero-order valence-electron chi connectivity index (χ0n) is 19.3. The summed E-state index contributed by atoms with van der Waals surface area (Å²) in [4.78, 5) is 36.3. The standard InChI is InChI=1S/C26H20N8OS/c1-2-3-4-21(35)34-15-9-14(11-27-12-15)18-10-16-19(13-29-18)32-33-23(16)26-30-17-7-8-28-25(24(17)31-26)20-5-6-22(34)36-20/h5-13H,2-4H2,1H3,(H,30,31)(H,32,33). The fraction of sp³-hybridized carbons (Fsp3) is 0.154. The average molecular weight is 493 g/mol. The number of H-pyrrole nitrogens is 2. The van der Waals surface area contributed by atoms with Gasteiger partial charge in [0.2, 0.25) is 5.91 Å². The second-order valence-electron chi connectivity index (χ2n) is 8.73. The largest absolute Gasteiger partial charge is 0.336 e. The number of nitrogens with one attached hydrogen (secondary N) is 2. The molecule has 8 bridgehead atoms. The quantitative estimate of drug-likeness (QED) is 0.310. The van der Waals surface area contributed by atoms with E-state index in [1.54, 1.807) is 29.4 Å². The molecule has 0 aliphatic rings. The van der Waals surface area contributed by atoms with Crippen molar-refractivity contribution in [2.45, 2.75) is 26.2 Å². The van der Waals surface area contributed by atoms with Gasteiger partial charge in [0.25, 0.3) is 0 Å². The minimum atomic E-state index is 0.0299. The molecule has 0 atom stereocenters. The summed E-state index contributed by atoms with van der Waals surface area (Å²) in [5.74, 6) is 0.0299. The number of aromatic amines is 2. The van der Waals surface area contributed by atoms with Gasteiger partial charge in [-0.2, -0.15) is 5.10 Å². The Hall–Kier alpha value is -4.44. The van der Waals surface area contributed by atoms with Gasteiger partial charge >= 0.3 is 0 Å². The van der Waals surface area contributed by atoms with Crippen LogP contribution in [0.2, 0.25) is 0 Å². The van der Waals surface area contributed by atoms with Crippen LogP contribution >= 0.6 is 11.3 Å². The Labute approximate surface area is 207 Å². The molecule has 0 radical (unpaired) electrons. The Balaban J connectivity index is 1.72. The highest BCUT2D eigenvalue weighted by atomic mass is 32.1. The third-order valence-electron chi connectivity index (χ3n) is 6.39. The molecule has 0 saturated carbocycles. The molecule has 0 aromatic carbocycles. The van der Waals surface area contributed by atoms with Crippen LogP contribution in [0, 0.1) is 0 Å². The number of unbranched alkanes of at least 4 members (excludes halogenated alkanes) is 1. The Morgan fingerprint density at radius 1 is 1.03 bits per heavy atom. The minimum absolute atomic E-state index is 0.0299. The van der Waals surface area contributed by atoms with E-state index in [-0.39, 0.29) is 5.91 Å². The first-order valence-electron chi connectivity index (χ1n) is 11.8. The van der Waals surface area contributed by atoms with Crippen LogP contribution < -0.4 is 0 Å². The van der Waals surface area contributed by atoms with Gasteiger partial charge in [0, 0.05) is 29.6 Å². The number of aromatic nitrogens is 8. The van der Waals surface area contributed by atoms with E-state index in [0.29, 0.717) is 23.1 Å². The summed E-state index contributed by atoms with van der Waals surface area (Å²) in [7, 11) is 0. The van der Waals surface area contributed by atoms with Crippen LogP contribution in [0.5, 0.6) is 0 Å². The maximum Gasteiger partial charge on any atom is 0.232 e. The summed E-state index contributed by atoms with van der Waals surface area (Å²) in [6, 6.07) is 9.81. The Kier molecular flexibility index (Phi) is 4.68. The number of thiophene rings is 1. The van der Waals surface area contributed by atoms with Crippen LogP contribution in [0.25, 0.3) is 64.6 Å². The van der Waals surface area contributed by atoms with Gasteiger partial charge in [-0.25, -0.2) is 4.98 Å². The zero-order valence-corrected chi connectivity index (χ0v) is 20.1. The first-order valence-corrected chi connectivity index (χ1v) is 12.6. The fourth-order valence-electron chi connectivity index (χ4n) is 4.58. The number of pyridine rings is 3. The van der Waals surface area contributed by atoms with Gasteiger partial charge in [0.15, 0.2) is 5.65 Å². The highest BCUT2D eigenvalue weighted by molar-refractivity contribution is 7.24. The molecule has 176 valence electrons. The summed E-state index contributed by atoms with van der Waals surface area (Å²) in [6.45, 7) is 2.08. The lowest BCUT2D eigenvalue weighted by molar-refractivity contribution is 0.0909. The molecule has 0 amide bonds. The second kappa shape index (κ2) is 8.06. The molecule has 0 aliphatic heterocycles. The number of hydrogen-bond acceptors (Lipinski definition) is 7. The monoisotopic (exact) mass is 492 g/mol. The van der Waals surface area contributed by atoms with Crippen LogP contribution in [0.15, 0.2) is 55.1 Å². The van der Waals surface area contributed by atoms with Crippen molar-refractivity contribution < 1.29 is 4.79 Å². The lowest BCUT2D eigenvalue weighted by Gasteiger charge is -2.07. The van der Waals surface area contributed by atoms with Gasteiger partial charge < -0.3 is 4.98 Å². The lowest BCUT2D eigenvalue weighted by atomic mass is 10.2. The maximum absolute atomic E-state index is 13.5. The summed E-state index contributed by atoms with van der Waals surface area (Å²) in [6.07, 6.45) is 9.23. The molecule has 0 spiro atoms. The lowest BCUT2D eigenvalue weighted by Crippen LogP contribution is -2.10. The molecule has 0 saturated heterocycles. The summed E-state index contributed by atoms with van der Waals surface area (Å²) in [5.41, 5.74) is 5.99. The van der Waals surface area contributed by atoms with E-state index in [2.05, 4.69) is 37.1 Å². The number of nitrogens with zero attached hydrogens (tertiary/aromatic N) is 6. The maximum atomic E-state index is 13.5. The molecule has 7 heterocycles. The van der Waals surface area contributed by atoms with Crippen molar-refractivity contribution in [2.75, 3.05) is 0 Å². The van der Waals surface area contributed by atoms with Gasteiger partial charge in [0.05, 0.1) is 39.2 Å². The fourth-order valence-corrected chi connectivity index (χ4v) is 5.62. The Bertz CT molecular complexity index is 2030. The molecule has 7 rings (SSSR count). The van der Waals surface area contributed by atoms with Crippen molar-refractivity contribution in [3.05, 3.63) is 55.1 Å². The number of carbonyl (C=O) groups excluding carboxylic acids is 1. The van der Waals surface area contributed by atoms with E-state index in [1.165, 1.54) is 11.3 Å². The number of rotatable bonds is 3. The van der Waals surface area contributed by atoms with Gasteiger partial charge in [-0.15, -0.1) is 11.3 Å². The summed E-state index contributed by atoms with van der Waals surface area (Å²) >= 11 is 1.51. The molecule has 7 aromatic heterocycles. The summed E-state index contributed by atoms with van der Waals surface area (Å²) < 4.78 is 2.69. The molecule has 2 N–H and O–H groups in total. The van der Waals surface area contributed by atoms with Gasteiger partial charge in [0.1, 0.15) is 21.4 Å². The van der Waals surface area contributed by atoms with E-state index < -0.39 is 0 Å². The number of carbonyl (C=O) groups is 1. The van der Waals surface area contributed by atoms with E-state index in [4.69, 9.17) is 4.98 Å². The zero-order chi connectivity index (χ0) is 24.2. The topological polar surface area (TPSA) is 118 Å². The summed E-state index contributed by atoms with van der Waals surface area (Å²) in [5, 5.41) is 9.30. The van der Waals surface area contributed by atoms with Crippen molar-refractivity contribution in [2.24, 2.45) is 0 Å². The van der Waals surface area contributed by atoms with Crippen molar-refractivity contribution in [1.29, 1.82) is 0 Å². The Morgan fingerprint density at radius 2 is 1.97 bits per heavy atom. The number of hydrogen-bond donors (Lipinski definition) is 2. The Morgan fingerprint density at radius 3 is 2.89 bits per heavy atom. The molecule has 10 heteroatoms. The number of fused-ring (bicyclic) bond motifs is 9. The molecular weight excluding hydrogens is 472 g/mol. The molecule has 7 aromatic rings. The molecule has 9 nitrogen and oxygen atoms in total. The van der Waals surface area contributed by atoms with E-state index in [1.807, 2.05) is 30.3 Å². The molecule has 36 heavy (non-hydrogen) atoms. The number of imidazole rings is 1. The molecule has 0 unspecified atom stereocenters. The second-order valence-corrected chi connectivity index (χ2v) is 9.79. The minimum Gasteiger partial charge on any atom is -0.336 e. The van der Waals surface area contributed by atoms with Gasteiger partial charge in [-0.3, -0.25) is 29.4 Å². The van der Waals surface area contributed by atoms with Crippen molar-refractivity contribution >= 4 is 81.8 Å². The van der Waals surface area contributed by atoms with E-state index >= 15 is 0 Å². The van der Waals surface area contributed by atoms with Crippen LogP contribution in [0.1, 0.15) is 31.0 Å². The molecular formula is C26H20N8OS.